The van der Waals surface area contributed by atoms with Gasteiger partial charge in [-0.15, -0.1) is 5.10 Å². The van der Waals surface area contributed by atoms with Crippen LogP contribution in [0, 0.1) is 5.92 Å². The van der Waals surface area contributed by atoms with Gasteiger partial charge in [0, 0.05) is 11.5 Å². The van der Waals surface area contributed by atoms with Crippen molar-refractivity contribution in [3.05, 3.63) is 77.9 Å². The number of phenolic OH excluding ortho intramolecular Hbond substituents is 1. The molecule has 158 valence electrons. The molecule has 0 amide bonds. The molecular weight excluding hydrogens is 370 g/mol. The number of allylic oxidation sites excluding steroid dienone is 4. The number of benzene rings is 2. The van der Waals surface area contributed by atoms with Crippen LogP contribution in [0.4, 0.5) is 0 Å². The number of H-pyrrole nitrogens is 1. The van der Waals surface area contributed by atoms with E-state index in [0.717, 1.165) is 35.4 Å². The minimum Gasteiger partial charge on any atom is -0.508 e. The maximum atomic E-state index is 10.1. The highest BCUT2D eigenvalue weighted by Crippen LogP contribution is 2.32. The predicted octanol–water partition coefficient (Wildman–Crippen LogP) is 6.71. The van der Waals surface area contributed by atoms with Gasteiger partial charge < -0.3 is 5.11 Å². The van der Waals surface area contributed by atoms with Gasteiger partial charge in [-0.25, -0.2) is 0 Å². The topological polar surface area (TPSA) is 61.8 Å². The largest absolute Gasteiger partial charge is 0.508 e. The van der Waals surface area contributed by atoms with Crippen molar-refractivity contribution in [1.82, 2.24) is 15.4 Å². The third-order valence-corrected chi connectivity index (χ3v) is 5.45. The summed E-state index contributed by atoms with van der Waals surface area (Å²) in [6.07, 6.45) is 15.8. The van der Waals surface area contributed by atoms with Gasteiger partial charge in [-0.1, -0.05) is 86.9 Å². The molecule has 4 heteroatoms. The van der Waals surface area contributed by atoms with E-state index in [1.165, 1.54) is 31.2 Å². The van der Waals surface area contributed by atoms with E-state index >= 15 is 0 Å². The Bertz CT molecular complexity index is 941. The molecule has 1 aromatic heterocycles. The lowest BCUT2D eigenvalue weighted by Crippen LogP contribution is -1.98. The number of phenols is 1. The van der Waals surface area contributed by atoms with Crippen LogP contribution in [0.3, 0.4) is 0 Å². The SMILES string of the molecule is CC(C)CCCCCc1ccc(O)c(C2C=CC=CC2)c1.c1ccc2[nH]nnc2c1. The summed E-state index contributed by atoms with van der Waals surface area (Å²) < 4.78 is 0. The van der Waals surface area contributed by atoms with Gasteiger partial charge in [-0.05, 0) is 48.9 Å². The molecule has 2 N–H and O–H groups in total. The van der Waals surface area contributed by atoms with E-state index in [9.17, 15) is 5.11 Å². The lowest BCUT2D eigenvalue weighted by Gasteiger charge is -2.16. The van der Waals surface area contributed by atoms with Gasteiger partial charge in [-0.2, -0.15) is 0 Å². The van der Waals surface area contributed by atoms with E-state index in [-0.39, 0.29) is 0 Å². The van der Waals surface area contributed by atoms with Gasteiger partial charge in [0.05, 0.1) is 5.52 Å². The van der Waals surface area contributed by atoms with E-state index in [1.807, 2.05) is 30.3 Å². The molecule has 0 radical (unpaired) electrons. The van der Waals surface area contributed by atoms with Crippen LogP contribution in [0.5, 0.6) is 5.75 Å². The molecule has 1 heterocycles. The summed E-state index contributed by atoms with van der Waals surface area (Å²) in [6.45, 7) is 4.58. The van der Waals surface area contributed by atoms with Crippen LogP contribution in [-0.4, -0.2) is 20.5 Å². The Hall–Kier alpha value is -2.88. The molecule has 0 spiro atoms. The number of aromatic nitrogens is 3. The van der Waals surface area contributed by atoms with Crippen LogP contribution in [-0.2, 0) is 6.42 Å². The lowest BCUT2D eigenvalue weighted by molar-refractivity contribution is 0.464. The number of para-hydroxylation sites is 1. The summed E-state index contributed by atoms with van der Waals surface area (Å²) in [5.74, 6) is 1.58. The zero-order valence-electron chi connectivity index (χ0n) is 18.1. The fourth-order valence-corrected chi connectivity index (χ4v) is 3.71. The van der Waals surface area contributed by atoms with E-state index in [0.29, 0.717) is 11.7 Å². The first-order valence-electron chi connectivity index (χ1n) is 11.0. The van der Waals surface area contributed by atoms with Crippen LogP contribution in [0.25, 0.3) is 11.0 Å². The number of nitrogens with zero attached hydrogens (tertiary/aromatic N) is 2. The average Bonchev–Trinajstić information content (AvgIpc) is 3.24. The predicted molar refractivity (Wildman–Crippen MR) is 125 cm³/mol. The van der Waals surface area contributed by atoms with Gasteiger partial charge in [0.2, 0.25) is 0 Å². The zero-order valence-corrected chi connectivity index (χ0v) is 18.1. The second-order valence-electron chi connectivity index (χ2n) is 8.37. The number of fused-ring (bicyclic) bond motifs is 1. The molecule has 2 aromatic carbocycles. The maximum Gasteiger partial charge on any atom is 0.119 e. The summed E-state index contributed by atoms with van der Waals surface area (Å²) in [5, 5.41) is 20.3. The molecule has 0 saturated carbocycles. The lowest BCUT2D eigenvalue weighted by atomic mass is 9.90. The minimum absolute atomic E-state index is 0.330. The Morgan fingerprint density at radius 3 is 2.70 bits per heavy atom. The van der Waals surface area contributed by atoms with Crippen molar-refractivity contribution >= 4 is 11.0 Å². The van der Waals surface area contributed by atoms with Crippen molar-refractivity contribution in [2.45, 2.75) is 58.3 Å². The highest BCUT2D eigenvalue weighted by molar-refractivity contribution is 5.72. The number of unbranched alkanes of at least 4 members (excludes halogenated alkanes) is 2. The van der Waals surface area contributed by atoms with E-state index in [1.54, 1.807) is 0 Å². The molecule has 0 saturated heterocycles. The number of rotatable bonds is 7. The Labute approximate surface area is 179 Å². The van der Waals surface area contributed by atoms with Crippen LogP contribution in [0.1, 0.15) is 63.0 Å². The molecule has 0 aliphatic heterocycles. The Morgan fingerprint density at radius 2 is 1.93 bits per heavy atom. The molecule has 1 atom stereocenters. The molecule has 4 rings (SSSR count). The Morgan fingerprint density at radius 1 is 1.07 bits per heavy atom. The van der Waals surface area contributed by atoms with Crippen molar-refractivity contribution in [1.29, 1.82) is 0 Å². The molecule has 0 bridgehead atoms. The number of hydrogen-bond donors (Lipinski definition) is 2. The van der Waals surface area contributed by atoms with Gasteiger partial charge in [-0.3, -0.25) is 5.10 Å². The molecular formula is C26H33N3O. The normalized spacial score (nSPS) is 15.4. The van der Waals surface area contributed by atoms with Gasteiger partial charge in [0.1, 0.15) is 11.3 Å². The van der Waals surface area contributed by atoms with Crippen LogP contribution < -0.4 is 0 Å². The van der Waals surface area contributed by atoms with Crippen molar-refractivity contribution in [3.8, 4) is 5.75 Å². The highest BCUT2D eigenvalue weighted by atomic mass is 16.3. The van der Waals surface area contributed by atoms with Crippen LogP contribution in [0.2, 0.25) is 0 Å². The number of hydrogen-bond acceptors (Lipinski definition) is 3. The zero-order chi connectivity index (χ0) is 21.2. The molecule has 3 aromatic rings. The third kappa shape index (κ3) is 6.58. The smallest absolute Gasteiger partial charge is 0.119 e. The quantitative estimate of drug-likeness (QED) is 0.431. The first-order valence-corrected chi connectivity index (χ1v) is 11.0. The summed E-state index contributed by atoms with van der Waals surface area (Å²) in [6, 6.07) is 13.9. The Balaban J connectivity index is 0.000000234. The van der Waals surface area contributed by atoms with E-state index in [2.05, 4.69) is 65.7 Å². The van der Waals surface area contributed by atoms with Gasteiger partial charge in [0.25, 0.3) is 0 Å². The second kappa shape index (κ2) is 11.3. The third-order valence-electron chi connectivity index (χ3n) is 5.45. The fraction of sp³-hybridized carbons (Fsp3) is 0.385. The first kappa shape index (κ1) is 21.8. The van der Waals surface area contributed by atoms with Crippen molar-refractivity contribution in [3.63, 3.8) is 0 Å². The molecule has 4 nitrogen and oxygen atoms in total. The molecule has 1 aliphatic rings. The number of nitrogens with one attached hydrogen (secondary N) is 1. The van der Waals surface area contributed by atoms with E-state index < -0.39 is 0 Å². The van der Waals surface area contributed by atoms with Crippen molar-refractivity contribution in [2.24, 2.45) is 5.92 Å². The van der Waals surface area contributed by atoms with Gasteiger partial charge >= 0.3 is 0 Å². The molecule has 1 aliphatic carbocycles. The maximum absolute atomic E-state index is 10.1. The molecule has 1 unspecified atom stereocenters. The summed E-state index contributed by atoms with van der Waals surface area (Å²) in [4.78, 5) is 0. The number of aromatic hydroxyl groups is 1. The second-order valence-corrected chi connectivity index (χ2v) is 8.37. The first-order chi connectivity index (χ1) is 14.6. The average molecular weight is 404 g/mol. The monoisotopic (exact) mass is 403 g/mol. The van der Waals surface area contributed by atoms with Crippen molar-refractivity contribution < 1.29 is 5.11 Å². The minimum atomic E-state index is 0.330. The van der Waals surface area contributed by atoms with E-state index in [4.69, 9.17) is 0 Å². The summed E-state index contributed by atoms with van der Waals surface area (Å²) in [5.41, 5.74) is 4.33. The Kier molecular flexibility index (Phi) is 8.25. The fourth-order valence-electron chi connectivity index (χ4n) is 3.71. The number of aryl methyl sites for hydroxylation is 1. The van der Waals surface area contributed by atoms with Crippen molar-refractivity contribution in [2.75, 3.05) is 0 Å². The highest BCUT2D eigenvalue weighted by Gasteiger charge is 2.13. The van der Waals surface area contributed by atoms with Crippen LogP contribution in [0.15, 0.2) is 66.8 Å². The summed E-state index contributed by atoms with van der Waals surface area (Å²) in [7, 11) is 0. The molecule has 0 fully saturated rings. The van der Waals surface area contributed by atoms with Crippen LogP contribution >= 0.6 is 0 Å². The summed E-state index contributed by atoms with van der Waals surface area (Å²) >= 11 is 0. The molecule has 30 heavy (non-hydrogen) atoms. The van der Waals surface area contributed by atoms with Gasteiger partial charge in [0.15, 0.2) is 0 Å². The number of aromatic amines is 1. The standard InChI is InChI=1S/C20H28O.C6H5N3/c1-16(2)9-5-3-6-10-17-13-14-20(21)19(15-17)18-11-7-4-8-12-18;1-2-4-6-5(3-1)7-9-8-6/h4,7-8,11,13-16,18,21H,3,5-6,9-10,12H2,1-2H3;1-4H,(H,7,8,9).